The fourth-order valence-electron chi connectivity index (χ4n) is 2.94. The normalized spacial score (nSPS) is 26.4. The van der Waals surface area contributed by atoms with Gasteiger partial charge in [-0.1, -0.05) is 6.92 Å². The third-order valence-corrected chi connectivity index (χ3v) is 4.44. The van der Waals surface area contributed by atoms with Crippen molar-refractivity contribution in [1.29, 1.82) is 0 Å². The molecule has 118 valence electrons. The van der Waals surface area contributed by atoms with E-state index >= 15 is 0 Å². The maximum atomic E-state index is 12.1. The molecule has 2 unspecified atom stereocenters. The van der Waals surface area contributed by atoms with Crippen LogP contribution in [0.25, 0.3) is 0 Å². The van der Waals surface area contributed by atoms with Gasteiger partial charge in [0, 0.05) is 19.0 Å². The van der Waals surface area contributed by atoms with E-state index in [2.05, 4.69) is 0 Å². The Hall–Kier alpha value is -0.780. The van der Waals surface area contributed by atoms with Crippen molar-refractivity contribution in [3.8, 4) is 0 Å². The summed E-state index contributed by atoms with van der Waals surface area (Å²) in [7, 11) is 0. The lowest BCUT2D eigenvalue weighted by atomic mass is 9.77. The number of hydrogen-bond donors (Lipinski definition) is 1. The van der Waals surface area contributed by atoms with E-state index in [9.17, 15) is 23.1 Å². The lowest BCUT2D eigenvalue weighted by molar-refractivity contribution is -0.153. The number of rotatable bonds is 6. The molecule has 1 fully saturated rings. The molecule has 1 aliphatic heterocycles. The molecule has 0 saturated carbocycles. The van der Waals surface area contributed by atoms with Crippen LogP contribution in [0.1, 0.15) is 52.4 Å². The zero-order valence-electron chi connectivity index (χ0n) is 12.2. The van der Waals surface area contributed by atoms with Crippen LogP contribution in [0.5, 0.6) is 0 Å². The lowest BCUT2D eigenvalue weighted by Gasteiger charge is -2.42. The largest absolute Gasteiger partial charge is 0.481 e. The first-order valence-corrected chi connectivity index (χ1v) is 7.24. The molecule has 0 aromatic heterocycles. The first kappa shape index (κ1) is 17.3. The van der Waals surface area contributed by atoms with E-state index in [-0.39, 0.29) is 12.5 Å². The highest BCUT2D eigenvalue weighted by Gasteiger charge is 2.41. The van der Waals surface area contributed by atoms with Crippen molar-refractivity contribution in [3.63, 3.8) is 0 Å². The highest BCUT2D eigenvalue weighted by molar-refractivity contribution is 5.75. The number of carboxylic acids is 1. The predicted octanol–water partition coefficient (Wildman–Crippen LogP) is 3.68. The van der Waals surface area contributed by atoms with Gasteiger partial charge < -0.3 is 5.11 Å². The number of halogens is 3. The van der Waals surface area contributed by atoms with Crippen molar-refractivity contribution in [3.05, 3.63) is 0 Å². The lowest BCUT2D eigenvalue weighted by Crippen LogP contribution is -2.50. The zero-order chi connectivity index (χ0) is 15.4. The molecule has 0 aromatic rings. The summed E-state index contributed by atoms with van der Waals surface area (Å²) in [5.74, 6) is -0.785. The number of aliphatic carboxylic acids is 1. The van der Waals surface area contributed by atoms with Gasteiger partial charge >= 0.3 is 12.1 Å². The van der Waals surface area contributed by atoms with Gasteiger partial charge in [0.25, 0.3) is 0 Å². The number of nitrogens with zero attached hydrogens (tertiary/aromatic N) is 1. The van der Waals surface area contributed by atoms with E-state index in [1.165, 1.54) is 0 Å². The first-order valence-electron chi connectivity index (χ1n) is 7.24. The molecule has 3 nitrogen and oxygen atoms in total. The molecular weight excluding hydrogens is 271 g/mol. The van der Waals surface area contributed by atoms with Crippen LogP contribution in [-0.4, -0.2) is 41.3 Å². The zero-order valence-corrected chi connectivity index (χ0v) is 12.2. The molecule has 2 atom stereocenters. The van der Waals surface area contributed by atoms with Crippen molar-refractivity contribution >= 4 is 5.97 Å². The van der Waals surface area contributed by atoms with Crippen molar-refractivity contribution < 1.29 is 23.1 Å². The molecule has 1 rings (SSSR count). The molecule has 0 radical (unpaired) electrons. The Bertz CT molecular complexity index is 333. The minimum Gasteiger partial charge on any atom is -0.481 e. The molecule has 0 aromatic carbocycles. The first-order chi connectivity index (χ1) is 9.20. The summed E-state index contributed by atoms with van der Waals surface area (Å²) in [5.41, 5.74) is -0.726. The molecule has 0 bridgehead atoms. The van der Waals surface area contributed by atoms with Gasteiger partial charge in [-0.25, -0.2) is 0 Å². The van der Waals surface area contributed by atoms with Gasteiger partial charge in [0.1, 0.15) is 0 Å². The van der Waals surface area contributed by atoms with Gasteiger partial charge in [0.15, 0.2) is 0 Å². The Morgan fingerprint density at radius 2 is 2.10 bits per heavy atom. The molecule has 20 heavy (non-hydrogen) atoms. The van der Waals surface area contributed by atoms with Crippen LogP contribution in [-0.2, 0) is 4.79 Å². The van der Waals surface area contributed by atoms with Gasteiger partial charge in [0.05, 0.1) is 5.41 Å². The van der Waals surface area contributed by atoms with Gasteiger partial charge in [0.2, 0.25) is 0 Å². The minimum absolute atomic E-state index is 0.00271. The van der Waals surface area contributed by atoms with E-state index in [1.807, 2.05) is 18.7 Å². The molecule has 1 aliphatic rings. The highest BCUT2D eigenvalue weighted by atomic mass is 19.4. The average Bonchev–Trinajstić information content (AvgIpc) is 2.36. The van der Waals surface area contributed by atoms with Gasteiger partial charge in [-0.3, -0.25) is 9.69 Å². The van der Waals surface area contributed by atoms with Gasteiger partial charge in [-0.15, -0.1) is 0 Å². The highest BCUT2D eigenvalue weighted by Crippen LogP contribution is 2.35. The molecule has 0 amide bonds. The summed E-state index contributed by atoms with van der Waals surface area (Å²) in [6.45, 7) is 4.99. The van der Waals surface area contributed by atoms with Crippen LogP contribution in [0.3, 0.4) is 0 Å². The molecular formula is C14H24F3NO2. The minimum atomic E-state index is -4.10. The number of carboxylic acid groups (broad SMARTS) is 1. The SMILES string of the molecule is CCC1(C(=O)O)CCCN(C(C)CCCC(F)(F)F)C1. The maximum absolute atomic E-state index is 12.1. The summed E-state index contributed by atoms with van der Waals surface area (Å²) >= 11 is 0. The Morgan fingerprint density at radius 1 is 1.45 bits per heavy atom. The Kier molecular flexibility index (Phi) is 5.86. The van der Waals surface area contributed by atoms with Crippen LogP contribution in [0.2, 0.25) is 0 Å². The number of carbonyl (C=O) groups is 1. The van der Waals surface area contributed by atoms with Crippen LogP contribution in [0, 0.1) is 5.41 Å². The van der Waals surface area contributed by atoms with E-state index in [4.69, 9.17) is 0 Å². The van der Waals surface area contributed by atoms with Gasteiger partial charge in [-0.05, 0) is 45.6 Å². The average molecular weight is 295 g/mol. The quantitative estimate of drug-likeness (QED) is 0.812. The van der Waals surface area contributed by atoms with E-state index < -0.39 is 24.0 Å². The second-order valence-electron chi connectivity index (χ2n) is 5.87. The fraction of sp³-hybridized carbons (Fsp3) is 0.929. The second-order valence-corrected chi connectivity index (χ2v) is 5.87. The number of likely N-dealkylation sites (tertiary alicyclic amines) is 1. The van der Waals surface area contributed by atoms with Crippen molar-refractivity contribution in [2.45, 2.75) is 64.6 Å². The fourth-order valence-corrected chi connectivity index (χ4v) is 2.94. The molecule has 1 saturated heterocycles. The third kappa shape index (κ3) is 4.65. The maximum Gasteiger partial charge on any atom is 0.389 e. The Labute approximate surface area is 118 Å². The third-order valence-electron chi connectivity index (χ3n) is 4.44. The standard InChI is InChI=1S/C14H24F3NO2/c1-3-13(12(19)20)7-5-9-18(10-13)11(2)6-4-8-14(15,16)17/h11H,3-10H2,1-2H3,(H,19,20). The van der Waals surface area contributed by atoms with Crippen molar-refractivity contribution in [2.75, 3.05) is 13.1 Å². The molecule has 0 spiro atoms. The second kappa shape index (κ2) is 6.78. The van der Waals surface area contributed by atoms with Crippen LogP contribution in [0.4, 0.5) is 13.2 Å². The summed E-state index contributed by atoms with van der Waals surface area (Å²) in [5, 5.41) is 9.40. The van der Waals surface area contributed by atoms with E-state index in [0.717, 1.165) is 13.0 Å². The smallest absolute Gasteiger partial charge is 0.389 e. The summed E-state index contributed by atoms with van der Waals surface area (Å²) in [6, 6.07) is 0.00271. The van der Waals surface area contributed by atoms with Crippen molar-refractivity contribution in [2.24, 2.45) is 5.41 Å². The number of piperidine rings is 1. The van der Waals surface area contributed by atoms with E-state index in [0.29, 0.717) is 25.8 Å². The van der Waals surface area contributed by atoms with Crippen LogP contribution >= 0.6 is 0 Å². The van der Waals surface area contributed by atoms with Crippen molar-refractivity contribution in [1.82, 2.24) is 4.90 Å². The summed E-state index contributed by atoms with van der Waals surface area (Å²) in [6.07, 6.45) is -2.28. The van der Waals surface area contributed by atoms with E-state index in [1.54, 1.807) is 0 Å². The Balaban J connectivity index is 2.52. The molecule has 1 N–H and O–H groups in total. The predicted molar refractivity (Wildman–Crippen MR) is 70.5 cm³/mol. The molecule has 0 aliphatic carbocycles. The van der Waals surface area contributed by atoms with Gasteiger partial charge in [-0.2, -0.15) is 13.2 Å². The number of hydrogen-bond acceptors (Lipinski definition) is 2. The summed E-state index contributed by atoms with van der Waals surface area (Å²) < 4.78 is 36.4. The molecule has 6 heteroatoms. The topological polar surface area (TPSA) is 40.5 Å². The number of alkyl halides is 3. The molecule has 1 heterocycles. The van der Waals surface area contributed by atoms with Crippen LogP contribution < -0.4 is 0 Å². The monoisotopic (exact) mass is 295 g/mol. The summed E-state index contributed by atoms with van der Waals surface area (Å²) in [4.78, 5) is 13.5. The van der Waals surface area contributed by atoms with Crippen LogP contribution in [0.15, 0.2) is 0 Å². The Morgan fingerprint density at radius 3 is 2.60 bits per heavy atom.